The highest BCUT2D eigenvalue weighted by Crippen LogP contribution is 2.28. The van der Waals surface area contributed by atoms with Crippen LogP contribution in [0.25, 0.3) is 0 Å². The summed E-state index contributed by atoms with van der Waals surface area (Å²) in [6, 6.07) is 0.407. The number of nitrogens with zero attached hydrogens (tertiary/aromatic N) is 1. The fraction of sp³-hybridized carbons (Fsp3) is 0.818. The lowest BCUT2D eigenvalue weighted by Gasteiger charge is -2.33. The maximum Gasteiger partial charge on any atom is 0.228 e. The Bertz CT molecular complexity index is 243. The fourth-order valence-electron chi connectivity index (χ4n) is 2.37. The number of carbonyl (C=O) groups is 1. The van der Waals surface area contributed by atoms with Gasteiger partial charge < -0.3 is 0 Å². The van der Waals surface area contributed by atoms with Crippen molar-refractivity contribution in [1.82, 2.24) is 4.90 Å². The van der Waals surface area contributed by atoms with Crippen molar-refractivity contribution in [3.8, 4) is 0 Å². The Labute approximate surface area is 101 Å². The molecule has 4 heteroatoms. The van der Waals surface area contributed by atoms with Gasteiger partial charge in [-0.15, -0.1) is 0 Å². The van der Waals surface area contributed by atoms with Gasteiger partial charge in [0.15, 0.2) is 0 Å². The summed E-state index contributed by atoms with van der Waals surface area (Å²) < 4.78 is 0.824. The van der Waals surface area contributed by atoms with E-state index >= 15 is 0 Å². The van der Waals surface area contributed by atoms with Crippen molar-refractivity contribution >= 4 is 34.2 Å². The van der Waals surface area contributed by atoms with Gasteiger partial charge in [0.2, 0.25) is 5.91 Å². The molecule has 0 bridgehead atoms. The predicted molar refractivity (Wildman–Crippen MR) is 68.0 cm³/mol. The van der Waals surface area contributed by atoms with Gasteiger partial charge in [-0.05, 0) is 19.3 Å². The third-order valence-corrected chi connectivity index (χ3v) is 4.65. The quantitative estimate of drug-likeness (QED) is 0.660. The molecular formula is C11H17NOS2. The molecule has 15 heavy (non-hydrogen) atoms. The van der Waals surface area contributed by atoms with Crippen LogP contribution >= 0.6 is 24.0 Å². The zero-order valence-electron chi connectivity index (χ0n) is 8.91. The molecule has 0 N–H and O–H groups in total. The highest BCUT2D eigenvalue weighted by Gasteiger charge is 2.29. The normalized spacial score (nSPS) is 25.5. The number of thioether (sulfide) groups is 1. The fourth-order valence-corrected chi connectivity index (χ4v) is 3.72. The van der Waals surface area contributed by atoms with Gasteiger partial charge in [-0.1, -0.05) is 43.2 Å². The van der Waals surface area contributed by atoms with E-state index in [0.717, 1.165) is 29.3 Å². The molecule has 2 rings (SSSR count). The molecule has 0 unspecified atom stereocenters. The molecule has 0 aromatic carbocycles. The third kappa shape index (κ3) is 2.72. The van der Waals surface area contributed by atoms with E-state index in [4.69, 9.17) is 12.2 Å². The number of amides is 1. The van der Waals surface area contributed by atoms with Crippen molar-refractivity contribution < 1.29 is 4.79 Å². The summed E-state index contributed by atoms with van der Waals surface area (Å²) in [6.45, 7) is 0. The second-order valence-corrected chi connectivity index (χ2v) is 6.00. The van der Waals surface area contributed by atoms with E-state index in [1.54, 1.807) is 11.8 Å². The van der Waals surface area contributed by atoms with E-state index in [-0.39, 0.29) is 5.91 Å². The van der Waals surface area contributed by atoms with Crippen molar-refractivity contribution in [3.05, 3.63) is 0 Å². The first-order valence-corrected chi connectivity index (χ1v) is 7.17. The number of hydrogen-bond donors (Lipinski definition) is 0. The Morgan fingerprint density at radius 3 is 2.67 bits per heavy atom. The third-order valence-electron chi connectivity index (χ3n) is 3.17. The van der Waals surface area contributed by atoms with Gasteiger partial charge in [-0.25, -0.2) is 0 Å². The Balaban J connectivity index is 2.07. The lowest BCUT2D eigenvalue weighted by Crippen LogP contribution is -2.42. The van der Waals surface area contributed by atoms with Crippen LogP contribution in [0.4, 0.5) is 0 Å². The Morgan fingerprint density at radius 2 is 1.93 bits per heavy atom. The minimum absolute atomic E-state index is 0.261. The average Bonchev–Trinajstić information content (AvgIpc) is 2.41. The van der Waals surface area contributed by atoms with Crippen LogP contribution in [0.2, 0.25) is 0 Å². The first kappa shape index (κ1) is 11.4. The molecule has 1 heterocycles. The van der Waals surface area contributed by atoms with Gasteiger partial charge in [0, 0.05) is 18.2 Å². The first-order valence-electron chi connectivity index (χ1n) is 5.78. The number of thiocarbonyl (C=S) groups is 1. The summed E-state index contributed by atoms with van der Waals surface area (Å²) >= 11 is 7.02. The molecule has 1 saturated carbocycles. The largest absolute Gasteiger partial charge is 0.295 e. The van der Waals surface area contributed by atoms with E-state index in [9.17, 15) is 4.79 Å². The van der Waals surface area contributed by atoms with Crippen molar-refractivity contribution in [3.63, 3.8) is 0 Å². The summed E-state index contributed by atoms with van der Waals surface area (Å²) in [4.78, 5) is 13.9. The average molecular weight is 243 g/mol. The molecule has 1 aliphatic carbocycles. The standard InChI is InChI=1S/C11H17NOS2/c13-10-7-4-8-15-11(14)12(10)9-5-2-1-3-6-9/h9H,1-8H2. The topological polar surface area (TPSA) is 20.3 Å². The highest BCUT2D eigenvalue weighted by molar-refractivity contribution is 8.23. The van der Waals surface area contributed by atoms with Crippen LogP contribution in [0.5, 0.6) is 0 Å². The van der Waals surface area contributed by atoms with Gasteiger partial charge in [0.1, 0.15) is 4.32 Å². The Morgan fingerprint density at radius 1 is 1.20 bits per heavy atom. The Hall–Kier alpha value is -0.0900. The first-order chi connectivity index (χ1) is 7.29. The van der Waals surface area contributed by atoms with Gasteiger partial charge in [0.05, 0.1) is 0 Å². The second kappa shape index (κ2) is 5.30. The van der Waals surface area contributed by atoms with Crippen molar-refractivity contribution in [2.24, 2.45) is 0 Å². The summed E-state index contributed by atoms with van der Waals surface area (Å²) in [6.07, 6.45) is 7.78. The lowest BCUT2D eigenvalue weighted by atomic mass is 9.94. The summed E-state index contributed by atoms with van der Waals surface area (Å²) in [5.41, 5.74) is 0. The van der Waals surface area contributed by atoms with E-state index in [1.165, 1.54) is 19.3 Å². The van der Waals surface area contributed by atoms with Crippen molar-refractivity contribution in [1.29, 1.82) is 0 Å². The monoisotopic (exact) mass is 243 g/mol. The van der Waals surface area contributed by atoms with E-state index in [0.29, 0.717) is 12.5 Å². The molecule has 0 spiro atoms. The number of hydrogen-bond acceptors (Lipinski definition) is 3. The lowest BCUT2D eigenvalue weighted by molar-refractivity contribution is -0.129. The molecule has 2 aliphatic rings. The molecule has 2 nitrogen and oxygen atoms in total. The molecule has 1 aliphatic heterocycles. The van der Waals surface area contributed by atoms with Crippen LogP contribution in [-0.2, 0) is 4.79 Å². The Kier molecular flexibility index (Phi) is 4.03. The molecule has 0 atom stereocenters. The minimum Gasteiger partial charge on any atom is -0.295 e. The molecule has 0 aromatic heterocycles. The summed E-state index contributed by atoms with van der Waals surface area (Å²) in [7, 11) is 0. The predicted octanol–water partition coefficient (Wildman–Crippen LogP) is 2.96. The van der Waals surface area contributed by atoms with Crippen LogP contribution < -0.4 is 0 Å². The van der Waals surface area contributed by atoms with Crippen LogP contribution in [-0.4, -0.2) is 26.9 Å². The van der Waals surface area contributed by atoms with Gasteiger partial charge in [-0.2, -0.15) is 0 Å². The van der Waals surface area contributed by atoms with Gasteiger partial charge in [-0.3, -0.25) is 9.69 Å². The molecule has 0 radical (unpaired) electrons. The second-order valence-electron chi connectivity index (χ2n) is 4.27. The number of rotatable bonds is 1. The van der Waals surface area contributed by atoms with E-state index < -0.39 is 0 Å². The number of carbonyl (C=O) groups excluding carboxylic acids is 1. The van der Waals surface area contributed by atoms with Crippen LogP contribution in [0, 0.1) is 0 Å². The smallest absolute Gasteiger partial charge is 0.228 e. The minimum atomic E-state index is 0.261. The summed E-state index contributed by atoms with van der Waals surface area (Å²) in [5, 5.41) is 0. The molecule has 84 valence electrons. The van der Waals surface area contributed by atoms with Gasteiger partial charge in [0.25, 0.3) is 0 Å². The molecule has 1 amide bonds. The maximum atomic E-state index is 11.9. The maximum absolute atomic E-state index is 11.9. The van der Waals surface area contributed by atoms with E-state index in [2.05, 4.69) is 0 Å². The van der Waals surface area contributed by atoms with E-state index in [1.807, 2.05) is 4.90 Å². The van der Waals surface area contributed by atoms with Gasteiger partial charge >= 0.3 is 0 Å². The molecule has 1 saturated heterocycles. The molecular weight excluding hydrogens is 226 g/mol. The molecule has 0 aromatic rings. The van der Waals surface area contributed by atoms with Crippen LogP contribution in [0.15, 0.2) is 0 Å². The zero-order chi connectivity index (χ0) is 10.7. The molecule has 2 fully saturated rings. The SMILES string of the molecule is O=C1CCCSC(=S)N1C1CCCCC1. The zero-order valence-corrected chi connectivity index (χ0v) is 10.5. The highest BCUT2D eigenvalue weighted by atomic mass is 32.2. The van der Waals surface area contributed by atoms with Crippen molar-refractivity contribution in [2.75, 3.05) is 5.75 Å². The van der Waals surface area contributed by atoms with Crippen LogP contribution in [0.3, 0.4) is 0 Å². The summed E-state index contributed by atoms with van der Waals surface area (Å²) in [5.74, 6) is 1.27. The van der Waals surface area contributed by atoms with Crippen LogP contribution in [0.1, 0.15) is 44.9 Å². The van der Waals surface area contributed by atoms with Crippen molar-refractivity contribution in [2.45, 2.75) is 51.0 Å².